The molecule has 102 valence electrons. The topological polar surface area (TPSA) is 79.8 Å². The van der Waals surface area contributed by atoms with E-state index >= 15 is 0 Å². The molecule has 1 aliphatic carbocycles. The predicted octanol–water partition coefficient (Wildman–Crippen LogP) is 1.38. The molecule has 2 heterocycles. The molecule has 20 heavy (non-hydrogen) atoms. The van der Waals surface area contributed by atoms with Crippen LogP contribution in [0.2, 0.25) is 0 Å². The van der Waals surface area contributed by atoms with Gasteiger partial charge in [0.05, 0.1) is 5.56 Å². The quantitative estimate of drug-likeness (QED) is 0.857. The molecule has 0 aliphatic heterocycles. The molecule has 0 atom stereocenters. The van der Waals surface area contributed by atoms with Crippen LogP contribution in [0, 0.1) is 0 Å². The molecule has 0 bridgehead atoms. The fraction of sp³-hybridized carbons (Fsp3) is 0.286. The number of hydrogen-bond donors (Lipinski definition) is 2. The van der Waals surface area contributed by atoms with E-state index in [0.29, 0.717) is 24.1 Å². The van der Waals surface area contributed by atoms with E-state index in [1.165, 1.54) is 12.4 Å². The van der Waals surface area contributed by atoms with Gasteiger partial charge in [-0.1, -0.05) is 6.07 Å². The number of carbonyl (C=O) groups is 1. The average molecular weight is 269 g/mol. The van der Waals surface area contributed by atoms with Gasteiger partial charge in [0.25, 0.3) is 5.91 Å². The normalized spacial score (nSPS) is 13.8. The molecule has 0 unspecified atom stereocenters. The summed E-state index contributed by atoms with van der Waals surface area (Å²) in [5, 5.41) is 5.99. The van der Waals surface area contributed by atoms with Crippen LogP contribution in [0.25, 0.3) is 0 Å². The molecule has 2 aromatic heterocycles. The molecule has 0 spiro atoms. The molecular formula is C14H15N5O. The highest BCUT2D eigenvalue weighted by molar-refractivity contribution is 5.93. The molecule has 1 amide bonds. The van der Waals surface area contributed by atoms with Gasteiger partial charge in [-0.15, -0.1) is 0 Å². The first kappa shape index (κ1) is 12.5. The number of anilines is 1. The van der Waals surface area contributed by atoms with Crippen LogP contribution >= 0.6 is 0 Å². The van der Waals surface area contributed by atoms with Crippen LogP contribution in [0.1, 0.15) is 28.8 Å². The SMILES string of the molecule is O=C(NCc1cccnc1)c1cnc(NC2CC2)nc1. The Labute approximate surface area is 116 Å². The van der Waals surface area contributed by atoms with Gasteiger partial charge in [-0.2, -0.15) is 0 Å². The molecule has 2 N–H and O–H groups in total. The van der Waals surface area contributed by atoms with Crippen molar-refractivity contribution in [3.8, 4) is 0 Å². The summed E-state index contributed by atoms with van der Waals surface area (Å²) in [7, 11) is 0. The van der Waals surface area contributed by atoms with Gasteiger partial charge in [0, 0.05) is 37.4 Å². The monoisotopic (exact) mass is 269 g/mol. The molecule has 1 saturated carbocycles. The van der Waals surface area contributed by atoms with E-state index in [2.05, 4.69) is 25.6 Å². The minimum absolute atomic E-state index is 0.188. The Morgan fingerprint density at radius 3 is 2.70 bits per heavy atom. The second-order valence-electron chi connectivity index (χ2n) is 4.76. The number of amides is 1. The van der Waals surface area contributed by atoms with Crippen LogP contribution < -0.4 is 10.6 Å². The molecule has 2 aromatic rings. The predicted molar refractivity (Wildman–Crippen MR) is 74.1 cm³/mol. The summed E-state index contributed by atoms with van der Waals surface area (Å²) in [5.74, 6) is 0.392. The minimum Gasteiger partial charge on any atom is -0.351 e. The highest BCUT2D eigenvalue weighted by atomic mass is 16.1. The van der Waals surface area contributed by atoms with Gasteiger partial charge in [-0.3, -0.25) is 9.78 Å². The Morgan fingerprint density at radius 2 is 2.05 bits per heavy atom. The Bertz CT molecular complexity index is 580. The highest BCUT2D eigenvalue weighted by Crippen LogP contribution is 2.22. The van der Waals surface area contributed by atoms with Crippen molar-refractivity contribution < 1.29 is 4.79 Å². The lowest BCUT2D eigenvalue weighted by molar-refractivity contribution is 0.0950. The largest absolute Gasteiger partial charge is 0.351 e. The van der Waals surface area contributed by atoms with Gasteiger partial charge in [0.2, 0.25) is 5.95 Å². The summed E-state index contributed by atoms with van der Waals surface area (Å²) in [6, 6.07) is 4.25. The number of hydrogen-bond acceptors (Lipinski definition) is 5. The third-order valence-corrected chi connectivity index (χ3v) is 3.00. The van der Waals surface area contributed by atoms with Crippen molar-refractivity contribution in [1.82, 2.24) is 20.3 Å². The summed E-state index contributed by atoms with van der Waals surface area (Å²) in [6.45, 7) is 0.439. The summed E-state index contributed by atoms with van der Waals surface area (Å²) in [5.41, 5.74) is 1.41. The van der Waals surface area contributed by atoms with E-state index in [9.17, 15) is 4.79 Å². The van der Waals surface area contributed by atoms with Crippen LogP contribution in [0.3, 0.4) is 0 Å². The van der Waals surface area contributed by atoms with E-state index in [4.69, 9.17) is 0 Å². The van der Waals surface area contributed by atoms with Crippen molar-refractivity contribution in [2.45, 2.75) is 25.4 Å². The summed E-state index contributed by atoms with van der Waals surface area (Å²) >= 11 is 0. The van der Waals surface area contributed by atoms with Crippen LogP contribution in [0.5, 0.6) is 0 Å². The third kappa shape index (κ3) is 3.28. The second kappa shape index (κ2) is 5.64. The number of nitrogens with zero attached hydrogens (tertiary/aromatic N) is 3. The van der Waals surface area contributed by atoms with Crippen molar-refractivity contribution in [3.05, 3.63) is 48.0 Å². The smallest absolute Gasteiger partial charge is 0.254 e. The zero-order chi connectivity index (χ0) is 13.8. The fourth-order valence-electron chi connectivity index (χ4n) is 1.72. The molecule has 1 aliphatic rings. The summed E-state index contributed by atoms with van der Waals surface area (Å²) < 4.78 is 0. The van der Waals surface area contributed by atoms with E-state index in [1.54, 1.807) is 12.4 Å². The van der Waals surface area contributed by atoms with Crippen molar-refractivity contribution >= 4 is 11.9 Å². The molecule has 0 saturated heterocycles. The summed E-state index contributed by atoms with van der Waals surface area (Å²) in [4.78, 5) is 24.2. The van der Waals surface area contributed by atoms with E-state index in [0.717, 1.165) is 18.4 Å². The fourth-order valence-corrected chi connectivity index (χ4v) is 1.72. The lowest BCUT2D eigenvalue weighted by Gasteiger charge is -2.06. The molecular weight excluding hydrogens is 254 g/mol. The Kier molecular flexibility index (Phi) is 3.54. The van der Waals surface area contributed by atoms with E-state index in [-0.39, 0.29) is 5.91 Å². The standard InChI is InChI=1S/C14H15N5O/c20-13(16-7-10-2-1-5-15-6-10)11-8-17-14(18-9-11)19-12-3-4-12/h1-2,5-6,8-9,12H,3-4,7H2,(H,16,20)(H,17,18,19). The van der Waals surface area contributed by atoms with Gasteiger partial charge in [0.1, 0.15) is 0 Å². The van der Waals surface area contributed by atoms with E-state index < -0.39 is 0 Å². The average Bonchev–Trinajstić information content (AvgIpc) is 3.31. The van der Waals surface area contributed by atoms with Crippen LogP contribution in [-0.4, -0.2) is 26.9 Å². The van der Waals surface area contributed by atoms with Gasteiger partial charge < -0.3 is 10.6 Å². The van der Waals surface area contributed by atoms with Crippen molar-refractivity contribution in [2.75, 3.05) is 5.32 Å². The molecule has 6 nitrogen and oxygen atoms in total. The number of aromatic nitrogens is 3. The second-order valence-corrected chi connectivity index (χ2v) is 4.76. The van der Waals surface area contributed by atoms with Crippen molar-refractivity contribution in [2.24, 2.45) is 0 Å². The molecule has 3 rings (SSSR count). The first-order valence-corrected chi connectivity index (χ1v) is 6.57. The van der Waals surface area contributed by atoms with Gasteiger partial charge in [-0.05, 0) is 24.5 Å². The molecule has 0 aromatic carbocycles. The first-order valence-electron chi connectivity index (χ1n) is 6.57. The Morgan fingerprint density at radius 1 is 1.25 bits per heavy atom. The number of pyridine rings is 1. The zero-order valence-corrected chi connectivity index (χ0v) is 10.9. The van der Waals surface area contributed by atoms with E-state index in [1.807, 2.05) is 12.1 Å². The lowest BCUT2D eigenvalue weighted by atomic mass is 10.2. The van der Waals surface area contributed by atoms with Crippen LogP contribution in [0.15, 0.2) is 36.9 Å². The number of nitrogens with one attached hydrogen (secondary N) is 2. The maximum absolute atomic E-state index is 11.9. The number of rotatable bonds is 5. The molecule has 1 fully saturated rings. The Hall–Kier alpha value is -2.50. The molecule has 0 radical (unpaired) electrons. The maximum atomic E-state index is 11.9. The zero-order valence-electron chi connectivity index (χ0n) is 10.9. The van der Waals surface area contributed by atoms with Crippen molar-refractivity contribution in [1.29, 1.82) is 0 Å². The van der Waals surface area contributed by atoms with Gasteiger partial charge in [-0.25, -0.2) is 9.97 Å². The summed E-state index contributed by atoms with van der Waals surface area (Å²) in [6.07, 6.45) is 8.82. The Balaban J connectivity index is 1.56. The highest BCUT2D eigenvalue weighted by Gasteiger charge is 2.21. The minimum atomic E-state index is -0.188. The van der Waals surface area contributed by atoms with Crippen molar-refractivity contribution in [3.63, 3.8) is 0 Å². The first-order chi connectivity index (χ1) is 9.81. The van der Waals surface area contributed by atoms with Crippen LogP contribution in [0.4, 0.5) is 5.95 Å². The van der Waals surface area contributed by atoms with Gasteiger partial charge >= 0.3 is 0 Å². The number of carbonyl (C=O) groups excluding carboxylic acids is 1. The van der Waals surface area contributed by atoms with Gasteiger partial charge in [0.15, 0.2) is 0 Å². The lowest BCUT2D eigenvalue weighted by Crippen LogP contribution is -2.23. The third-order valence-electron chi connectivity index (χ3n) is 3.00. The maximum Gasteiger partial charge on any atom is 0.254 e. The van der Waals surface area contributed by atoms with Crippen LogP contribution in [-0.2, 0) is 6.54 Å². The molecule has 6 heteroatoms.